The van der Waals surface area contributed by atoms with Crippen molar-refractivity contribution in [3.05, 3.63) is 71.0 Å². The normalized spacial score (nSPS) is 13.9. The summed E-state index contributed by atoms with van der Waals surface area (Å²) >= 11 is 0. The molecule has 244 valence electrons. The number of allylic oxidation sites excluding steroid dienone is 2. The summed E-state index contributed by atoms with van der Waals surface area (Å²) in [7, 11) is 0.572. The van der Waals surface area contributed by atoms with Gasteiger partial charge in [0.15, 0.2) is 11.5 Å². The number of halogens is 1. The number of nitrogens with one attached hydrogen (secondary N) is 2. The summed E-state index contributed by atoms with van der Waals surface area (Å²) in [5.41, 5.74) is 5.27. The van der Waals surface area contributed by atoms with Gasteiger partial charge >= 0.3 is 0 Å². The molecule has 4 rings (SSSR count). The maximum absolute atomic E-state index is 13.3. The van der Waals surface area contributed by atoms with Gasteiger partial charge in [-0.2, -0.15) is 0 Å². The Morgan fingerprint density at radius 3 is 2.28 bits per heavy atom. The second kappa shape index (κ2) is 18.8. The summed E-state index contributed by atoms with van der Waals surface area (Å²) < 4.78 is 37.1. The standard InChI is InChI=1S/C32H41BFN7O5/c1-23-20-24(2)41(33-34)31(23)21-28-7-6-27(36-28)8-9-29(42)22-35-12-13-43-14-15-44-16-17-45-18-19-46-30-10-4-26(5-11-30)32-39-37-25(3)38-40-32/h4-7,10-11,20-21,35-36H,8-9,12-19,22H2,1-3H3. The van der Waals surface area contributed by atoms with Crippen molar-refractivity contribution < 1.29 is 32.5 Å². The predicted molar refractivity (Wildman–Crippen MR) is 172 cm³/mol. The number of ketones is 1. The first-order chi connectivity index (χ1) is 22.4. The SMILES string of the molecule is CC1=CC(C)=[N+]([B-]F)C1=Cc1ccc(CCC(=O)CNCCOCCOCCOCCOc2ccc(-c3nnc(C)nn3)cc2)[nH]1. The second-order valence-corrected chi connectivity index (χ2v) is 10.6. The number of carbonyl (C=O) groups is 1. The molecule has 0 amide bonds. The number of hydrogen-bond acceptors (Lipinski definition) is 10. The number of carbonyl (C=O) groups excluding carboxylic acids is 1. The van der Waals surface area contributed by atoms with Gasteiger partial charge in [-0.1, -0.05) is 0 Å². The van der Waals surface area contributed by atoms with Crippen LogP contribution in [-0.2, 0) is 25.4 Å². The van der Waals surface area contributed by atoms with Crippen LogP contribution in [0, 0.1) is 6.92 Å². The van der Waals surface area contributed by atoms with Gasteiger partial charge in [-0.25, -0.2) is 0 Å². The van der Waals surface area contributed by atoms with Crippen LogP contribution in [0.1, 0.15) is 37.5 Å². The number of nitrogens with zero attached hydrogens (tertiary/aromatic N) is 5. The quantitative estimate of drug-likeness (QED) is 0.133. The van der Waals surface area contributed by atoms with Crippen molar-refractivity contribution in [3.8, 4) is 17.1 Å². The van der Waals surface area contributed by atoms with Crippen molar-refractivity contribution in [2.45, 2.75) is 33.6 Å². The summed E-state index contributed by atoms with van der Waals surface area (Å²) in [6.45, 7) is 9.64. The minimum absolute atomic E-state index is 0.128. The van der Waals surface area contributed by atoms with Crippen LogP contribution in [0.4, 0.5) is 4.32 Å². The third kappa shape index (κ3) is 11.4. The zero-order valence-corrected chi connectivity index (χ0v) is 26.6. The van der Waals surface area contributed by atoms with E-state index in [2.05, 4.69) is 30.7 Å². The molecule has 1 aliphatic heterocycles. The maximum Gasteiger partial charge on any atom is 0.300 e. The van der Waals surface area contributed by atoms with Gasteiger partial charge in [-0.05, 0) is 56.7 Å². The molecule has 0 saturated carbocycles. The van der Waals surface area contributed by atoms with E-state index < -0.39 is 0 Å². The fraction of sp³-hybridized carbons (Fsp3) is 0.438. The van der Waals surface area contributed by atoms with E-state index in [4.69, 9.17) is 18.9 Å². The van der Waals surface area contributed by atoms with Crippen LogP contribution in [0.5, 0.6) is 5.75 Å². The predicted octanol–water partition coefficient (Wildman–Crippen LogP) is 3.07. The highest BCUT2D eigenvalue weighted by molar-refractivity contribution is 6.19. The van der Waals surface area contributed by atoms with Gasteiger partial charge in [0.25, 0.3) is 7.69 Å². The van der Waals surface area contributed by atoms with Crippen molar-refractivity contribution >= 4 is 25.3 Å². The summed E-state index contributed by atoms with van der Waals surface area (Å²) in [6.07, 6.45) is 4.89. The van der Waals surface area contributed by atoms with Crippen molar-refractivity contribution in [3.63, 3.8) is 0 Å². The number of Topliss-reactive ketones (excluding diaryl/α,β-unsaturated/α-hetero) is 1. The summed E-state index contributed by atoms with van der Waals surface area (Å²) in [5, 5.41) is 19.0. The summed E-state index contributed by atoms with van der Waals surface area (Å²) in [4.78, 5) is 15.6. The third-order valence-corrected chi connectivity index (χ3v) is 6.98. The summed E-state index contributed by atoms with van der Waals surface area (Å²) in [6, 6.07) is 11.3. The molecule has 3 aromatic rings. The lowest BCUT2D eigenvalue weighted by Crippen LogP contribution is -2.27. The number of benzene rings is 1. The van der Waals surface area contributed by atoms with Crippen LogP contribution < -0.4 is 10.1 Å². The van der Waals surface area contributed by atoms with Crippen LogP contribution in [0.3, 0.4) is 0 Å². The molecule has 1 aliphatic rings. The molecule has 0 atom stereocenters. The largest absolute Gasteiger partial charge is 0.491 e. The maximum atomic E-state index is 13.3. The molecule has 0 unspecified atom stereocenters. The lowest BCUT2D eigenvalue weighted by Gasteiger charge is -2.09. The van der Waals surface area contributed by atoms with Gasteiger partial charge in [0.2, 0.25) is 5.82 Å². The Hall–Kier alpha value is -4.11. The molecule has 14 heteroatoms. The highest BCUT2D eigenvalue weighted by Gasteiger charge is 2.18. The topological polar surface area (TPSA) is 136 Å². The van der Waals surface area contributed by atoms with E-state index in [1.807, 2.05) is 62.4 Å². The number of hydrogen-bond donors (Lipinski definition) is 2. The molecule has 2 aromatic heterocycles. The Kier molecular flexibility index (Phi) is 14.2. The van der Waals surface area contributed by atoms with Crippen LogP contribution in [0.25, 0.3) is 17.5 Å². The minimum Gasteiger partial charge on any atom is -0.491 e. The lowest BCUT2D eigenvalue weighted by atomic mass is 10.1. The smallest absolute Gasteiger partial charge is 0.300 e. The van der Waals surface area contributed by atoms with E-state index in [0.29, 0.717) is 91.5 Å². The molecular weight excluding hydrogens is 592 g/mol. The molecule has 12 nitrogen and oxygen atoms in total. The number of rotatable bonds is 21. The van der Waals surface area contributed by atoms with Gasteiger partial charge in [-0.3, -0.25) is 4.79 Å². The molecule has 0 spiro atoms. The highest BCUT2D eigenvalue weighted by atomic mass is 19.1. The number of ether oxygens (including phenoxy) is 4. The molecule has 0 bridgehead atoms. The van der Waals surface area contributed by atoms with Crippen LogP contribution in [-0.4, -0.2) is 108 Å². The monoisotopic (exact) mass is 633 g/mol. The molecule has 2 radical (unpaired) electrons. The Labute approximate surface area is 269 Å². The van der Waals surface area contributed by atoms with Crippen molar-refractivity contribution in [1.29, 1.82) is 0 Å². The van der Waals surface area contributed by atoms with E-state index in [1.54, 1.807) is 6.92 Å². The molecule has 2 N–H and O–H groups in total. The number of aromatic amines is 1. The minimum atomic E-state index is 0.128. The average molecular weight is 634 g/mol. The summed E-state index contributed by atoms with van der Waals surface area (Å²) in [5.74, 6) is 1.84. The number of aromatic nitrogens is 5. The molecule has 1 aromatic carbocycles. The fourth-order valence-corrected chi connectivity index (χ4v) is 4.58. The van der Waals surface area contributed by atoms with Crippen LogP contribution in [0.2, 0.25) is 0 Å². The number of H-pyrrole nitrogens is 1. The second-order valence-electron chi connectivity index (χ2n) is 10.6. The molecule has 3 heterocycles. The Bertz CT molecular complexity index is 1490. The van der Waals surface area contributed by atoms with E-state index >= 15 is 0 Å². The van der Waals surface area contributed by atoms with E-state index in [-0.39, 0.29) is 5.78 Å². The molecule has 0 fully saturated rings. The first-order valence-corrected chi connectivity index (χ1v) is 15.3. The highest BCUT2D eigenvalue weighted by Crippen LogP contribution is 2.21. The van der Waals surface area contributed by atoms with Crippen molar-refractivity contribution in [2.24, 2.45) is 0 Å². The van der Waals surface area contributed by atoms with Crippen LogP contribution >= 0.6 is 0 Å². The van der Waals surface area contributed by atoms with Gasteiger partial charge < -0.3 is 38.1 Å². The Morgan fingerprint density at radius 1 is 0.913 bits per heavy atom. The Balaban J connectivity index is 0.940. The van der Waals surface area contributed by atoms with Gasteiger partial charge in [-0.15, -0.1) is 20.4 Å². The Morgan fingerprint density at radius 2 is 1.59 bits per heavy atom. The van der Waals surface area contributed by atoms with E-state index in [0.717, 1.165) is 39.7 Å². The molecule has 0 saturated heterocycles. The zero-order chi connectivity index (χ0) is 32.6. The fourth-order valence-electron chi connectivity index (χ4n) is 4.58. The van der Waals surface area contributed by atoms with Crippen molar-refractivity contribution in [2.75, 3.05) is 59.3 Å². The first kappa shape index (κ1) is 34.8. The van der Waals surface area contributed by atoms with Crippen LogP contribution in [0.15, 0.2) is 53.7 Å². The molecule has 0 aliphatic carbocycles. The van der Waals surface area contributed by atoms with Gasteiger partial charge in [0.1, 0.15) is 23.9 Å². The molecule has 46 heavy (non-hydrogen) atoms. The zero-order valence-electron chi connectivity index (χ0n) is 26.6. The number of aryl methyl sites for hydroxylation is 2. The van der Waals surface area contributed by atoms with Crippen molar-refractivity contribution in [1.82, 2.24) is 30.7 Å². The van der Waals surface area contributed by atoms with Gasteiger partial charge in [0, 0.05) is 54.6 Å². The van der Waals surface area contributed by atoms with E-state index in [1.165, 1.54) is 4.49 Å². The van der Waals surface area contributed by atoms with Gasteiger partial charge in [0.05, 0.1) is 46.2 Å². The average Bonchev–Trinajstić information content (AvgIpc) is 3.62. The lowest BCUT2D eigenvalue weighted by molar-refractivity contribution is -0.319. The molecular formula is C32H41BFN7O5. The first-order valence-electron chi connectivity index (χ1n) is 15.3. The third-order valence-electron chi connectivity index (χ3n) is 6.98. The van der Waals surface area contributed by atoms with E-state index in [9.17, 15) is 9.11 Å².